The van der Waals surface area contributed by atoms with E-state index in [9.17, 15) is 9.90 Å². The Morgan fingerprint density at radius 2 is 1.80 bits per heavy atom. The monoisotopic (exact) mass is 552 g/mol. The molecule has 4 nitrogen and oxygen atoms in total. The number of halogens is 3. The van der Waals surface area contributed by atoms with Crippen molar-refractivity contribution in [2.24, 2.45) is 11.3 Å². The molecule has 212 valence electrons. The van der Waals surface area contributed by atoms with Crippen molar-refractivity contribution < 1.29 is 32.5 Å². The Labute approximate surface area is 233 Å². The van der Waals surface area contributed by atoms with Crippen LogP contribution in [0.2, 0.25) is 0 Å². The fraction of sp³-hybridized carbons (Fsp3) is 0.424. The Morgan fingerprint density at radius 3 is 2.45 bits per heavy atom. The second kappa shape index (κ2) is 11.2. The highest BCUT2D eigenvalue weighted by Gasteiger charge is 2.38. The number of aliphatic carboxylic acids is 1. The molecule has 0 amide bonds. The summed E-state index contributed by atoms with van der Waals surface area (Å²) in [6.07, 6.45) is 4.49. The second-order valence-electron chi connectivity index (χ2n) is 11.8. The highest BCUT2D eigenvalue weighted by atomic mass is 19.1. The summed E-state index contributed by atoms with van der Waals surface area (Å²) < 4.78 is 57.3. The summed E-state index contributed by atoms with van der Waals surface area (Å²) in [5.41, 5.74) is 2.08. The molecule has 0 aromatic heterocycles. The first-order chi connectivity index (χ1) is 19.1. The van der Waals surface area contributed by atoms with Gasteiger partial charge in [0.1, 0.15) is 24.0 Å². The van der Waals surface area contributed by atoms with Crippen molar-refractivity contribution in [1.29, 1.82) is 0 Å². The number of benzene rings is 3. The highest BCUT2D eigenvalue weighted by molar-refractivity contribution is 5.71. The Morgan fingerprint density at radius 1 is 1.02 bits per heavy atom. The molecule has 3 aromatic rings. The molecule has 40 heavy (non-hydrogen) atoms. The van der Waals surface area contributed by atoms with Crippen LogP contribution in [0.1, 0.15) is 80.9 Å². The van der Waals surface area contributed by atoms with Crippen LogP contribution in [0.15, 0.2) is 48.5 Å². The van der Waals surface area contributed by atoms with Crippen LogP contribution in [-0.2, 0) is 11.4 Å². The van der Waals surface area contributed by atoms with Crippen LogP contribution in [-0.4, -0.2) is 18.2 Å². The molecule has 1 N–H and O–H groups in total. The summed E-state index contributed by atoms with van der Waals surface area (Å²) in [6, 6.07) is 12.2. The third-order valence-electron chi connectivity index (χ3n) is 8.68. The van der Waals surface area contributed by atoms with Crippen LogP contribution in [0.3, 0.4) is 0 Å². The fourth-order valence-corrected chi connectivity index (χ4v) is 6.31. The second-order valence-corrected chi connectivity index (χ2v) is 11.8. The smallest absolute Gasteiger partial charge is 0.303 e. The number of carbonyl (C=O) groups is 1. The van der Waals surface area contributed by atoms with Crippen molar-refractivity contribution >= 4 is 5.97 Å². The van der Waals surface area contributed by atoms with Gasteiger partial charge in [-0.2, -0.15) is 0 Å². The number of methoxy groups -OCH3 is 1. The van der Waals surface area contributed by atoms with Crippen molar-refractivity contribution in [3.8, 4) is 22.6 Å². The first-order valence-corrected chi connectivity index (χ1v) is 13.9. The average Bonchev–Trinajstić information content (AvgIpc) is 3.70. The van der Waals surface area contributed by atoms with E-state index in [0.717, 1.165) is 37.7 Å². The van der Waals surface area contributed by atoms with Gasteiger partial charge in [0.05, 0.1) is 13.5 Å². The molecule has 0 spiro atoms. The van der Waals surface area contributed by atoms with Crippen molar-refractivity contribution in [1.82, 2.24) is 0 Å². The lowest BCUT2D eigenvalue weighted by Crippen LogP contribution is -2.17. The summed E-state index contributed by atoms with van der Waals surface area (Å²) in [5, 5.41) is 9.34. The van der Waals surface area contributed by atoms with E-state index < -0.39 is 29.3 Å². The molecule has 1 unspecified atom stereocenters. The van der Waals surface area contributed by atoms with Crippen LogP contribution in [0.25, 0.3) is 11.1 Å². The van der Waals surface area contributed by atoms with Crippen molar-refractivity contribution in [3.05, 3.63) is 82.7 Å². The predicted molar refractivity (Wildman–Crippen MR) is 147 cm³/mol. The Bertz CT molecular complexity index is 1410. The molecule has 7 heteroatoms. The maximum Gasteiger partial charge on any atom is 0.303 e. The van der Waals surface area contributed by atoms with E-state index >= 15 is 13.2 Å². The molecular formula is C33H35F3O4. The lowest BCUT2D eigenvalue weighted by Gasteiger charge is -2.30. The largest absolute Gasteiger partial charge is 0.497 e. The number of carboxylic acids is 1. The van der Waals surface area contributed by atoms with Gasteiger partial charge in [0.2, 0.25) is 0 Å². The van der Waals surface area contributed by atoms with E-state index in [4.69, 9.17) is 9.47 Å². The molecule has 3 aromatic carbocycles. The predicted octanol–water partition coefficient (Wildman–Crippen LogP) is 8.62. The van der Waals surface area contributed by atoms with Crippen LogP contribution in [0.4, 0.5) is 13.2 Å². The van der Waals surface area contributed by atoms with Gasteiger partial charge in [-0.1, -0.05) is 32.4 Å². The van der Waals surface area contributed by atoms with Crippen LogP contribution < -0.4 is 9.47 Å². The molecule has 2 aliphatic carbocycles. The Kier molecular flexibility index (Phi) is 7.85. The van der Waals surface area contributed by atoms with Crippen molar-refractivity contribution in [2.75, 3.05) is 7.11 Å². The number of ether oxygens (including phenoxy) is 2. The molecular weight excluding hydrogens is 517 g/mol. The molecule has 0 saturated heterocycles. The molecule has 0 radical (unpaired) electrons. The number of hydrogen-bond acceptors (Lipinski definition) is 3. The van der Waals surface area contributed by atoms with E-state index in [1.54, 1.807) is 24.3 Å². The minimum Gasteiger partial charge on any atom is -0.497 e. The molecule has 2 fully saturated rings. The summed E-state index contributed by atoms with van der Waals surface area (Å²) in [4.78, 5) is 11.4. The maximum absolute atomic E-state index is 15.6. The molecule has 2 aliphatic rings. The number of carboxylic acid groups (broad SMARTS) is 1. The van der Waals surface area contributed by atoms with E-state index in [-0.39, 0.29) is 47.2 Å². The quantitative estimate of drug-likeness (QED) is 0.274. The van der Waals surface area contributed by atoms with Gasteiger partial charge >= 0.3 is 5.97 Å². The van der Waals surface area contributed by atoms with Gasteiger partial charge in [-0.3, -0.25) is 4.79 Å². The fourth-order valence-electron chi connectivity index (χ4n) is 6.31. The third kappa shape index (κ3) is 5.70. The van der Waals surface area contributed by atoms with Gasteiger partial charge in [-0.15, -0.1) is 0 Å². The topological polar surface area (TPSA) is 55.8 Å². The van der Waals surface area contributed by atoms with Gasteiger partial charge in [0, 0.05) is 17.0 Å². The van der Waals surface area contributed by atoms with Gasteiger partial charge < -0.3 is 14.6 Å². The lowest BCUT2D eigenvalue weighted by molar-refractivity contribution is -0.137. The molecule has 2 atom stereocenters. The van der Waals surface area contributed by atoms with Crippen LogP contribution in [0.5, 0.6) is 11.5 Å². The van der Waals surface area contributed by atoms with E-state index in [1.807, 2.05) is 0 Å². The number of rotatable bonds is 10. The minimum absolute atomic E-state index is 0.0430. The highest BCUT2D eigenvalue weighted by Crippen LogP contribution is 2.52. The average molecular weight is 553 g/mol. The summed E-state index contributed by atoms with van der Waals surface area (Å²) >= 11 is 0. The lowest BCUT2D eigenvalue weighted by atomic mass is 9.75. The maximum atomic E-state index is 15.6. The van der Waals surface area contributed by atoms with Gasteiger partial charge in [-0.25, -0.2) is 13.2 Å². The number of hydrogen-bond donors (Lipinski definition) is 1. The van der Waals surface area contributed by atoms with Gasteiger partial charge in [-0.05, 0) is 96.0 Å². The van der Waals surface area contributed by atoms with E-state index in [1.165, 1.54) is 31.4 Å². The standard InChI is InChI=1S/C33H35F3O4/c1-33(2)13-5-7-27(33)25-14-20(29(35)16-24(25)26-15-21(39-3)11-12-28(26)34)18-40-30-8-4-6-22(32(30)36)23(17-31(37)38)19-9-10-19/h4,6,8,11-12,14-16,19,23,27H,5,7,9-10,13,17-18H2,1-3H3,(H,37,38)/t23?,27-/m0/s1. The summed E-state index contributed by atoms with van der Waals surface area (Å²) in [6.45, 7) is 4.12. The first-order valence-electron chi connectivity index (χ1n) is 13.9. The summed E-state index contributed by atoms with van der Waals surface area (Å²) in [5.74, 6) is -2.40. The van der Waals surface area contributed by atoms with Crippen molar-refractivity contribution in [2.45, 2.75) is 70.8 Å². The zero-order chi connectivity index (χ0) is 28.6. The molecule has 2 saturated carbocycles. The van der Waals surface area contributed by atoms with Crippen LogP contribution >= 0.6 is 0 Å². The van der Waals surface area contributed by atoms with Crippen LogP contribution in [0, 0.1) is 28.8 Å². The summed E-state index contributed by atoms with van der Waals surface area (Å²) in [7, 11) is 1.50. The van der Waals surface area contributed by atoms with Crippen molar-refractivity contribution in [3.63, 3.8) is 0 Å². The molecule has 0 bridgehead atoms. The van der Waals surface area contributed by atoms with Gasteiger partial charge in [0.15, 0.2) is 11.6 Å². The molecule has 0 heterocycles. The zero-order valence-corrected chi connectivity index (χ0v) is 23.1. The minimum atomic E-state index is -0.973. The molecule has 5 rings (SSSR count). The normalized spacial score (nSPS) is 18.9. The van der Waals surface area contributed by atoms with E-state index in [2.05, 4.69) is 13.8 Å². The SMILES string of the molecule is COc1ccc(F)c(-c2cc(F)c(COc3cccc(C(CC(=O)O)C4CC4)c3F)cc2[C@@H]2CCCC2(C)C)c1. The molecule has 0 aliphatic heterocycles. The zero-order valence-electron chi connectivity index (χ0n) is 23.1. The Balaban J connectivity index is 1.50. The first kappa shape index (κ1) is 28.1. The third-order valence-corrected chi connectivity index (χ3v) is 8.68. The Hall–Kier alpha value is -3.48. The van der Waals surface area contributed by atoms with Gasteiger partial charge in [0.25, 0.3) is 0 Å². The van der Waals surface area contributed by atoms with E-state index in [0.29, 0.717) is 16.9 Å².